The summed E-state index contributed by atoms with van der Waals surface area (Å²) in [6, 6.07) is 6.50. The summed E-state index contributed by atoms with van der Waals surface area (Å²) in [5, 5.41) is 9.41. The molecule has 2 rings (SSSR count). The van der Waals surface area contributed by atoms with E-state index in [2.05, 4.69) is 32.0 Å². The van der Waals surface area contributed by atoms with E-state index >= 15 is 0 Å². The SMILES string of the molecule is Cc1ccc(C2=CC(O)CC2)cc1C. The van der Waals surface area contributed by atoms with Gasteiger partial charge in [-0.15, -0.1) is 0 Å². The largest absolute Gasteiger partial charge is 0.389 e. The molecule has 1 N–H and O–H groups in total. The first-order valence-electron chi connectivity index (χ1n) is 5.13. The summed E-state index contributed by atoms with van der Waals surface area (Å²) in [5.41, 5.74) is 5.21. The molecule has 0 fully saturated rings. The Hall–Kier alpha value is -1.08. The lowest BCUT2D eigenvalue weighted by atomic mass is 10.0. The van der Waals surface area contributed by atoms with Gasteiger partial charge in [-0.2, -0.15) is 0 Å². The van der Waals surface area contributed by atoms with Crippen LogP contribution in [-0.2, 0) is 0 Å². The molecule has 1 unspecified atom stereocenters. The summed E-state index contributed by atoms with van der Waals surface area (Å²) in [6.45, 7) is 4.25. The Kier molecular flexibility index (Phi) is 2.42. The number of hydrogen-bond acceptors (Lipinski definition) is 1. The van der Waals surface area contributed by atoms with Crippen molar-refractivity contribution in [2.75, 3.05) is 0 Å². The molecule has 1 atom stereocenters. The second kappa shape index (κ2) is 3.58. The molecule has 0 spiro atoms. The van der Waals surface area contributed by atoms with Crippen molar-refractivity contribution in [3.8, 4) is 0 Å². The Morgan fingerprint density at radius 1 is 1.21 bits per heavy atom. The van der Waals surface area contributed by atoms with E-state index in [1.54, 1.807) is 0 Å². The van der Waals surface area contributed by atoms with Crippen LogP contribution in [-0.4, -0.2) is 11.2 Å². The third kappa shape index (κ3) is 1.73. The highest BCUT2D eigenvalue weighted by Gasteiger charge is 2.14. The first-order valence-corrected chi connectivity index (χ1v) is 5.13. The van der Waals surface area contributed by atoms with Crippen LogP contribution in [0.1, 0.15) is 29.5 Å². The third-order valence-corrected chi connectivity index (χ3v) is 2.98. The first-order chi connectivity index (χ1) is 6.66. The van der Waals surface area contributed by atoms with Crippen molar-refractivity contribution in [1.29, 1.82) is 0 Å². The Morgan fingerprint density at radius 3 is 2.57 bits per heavy atom. The van der Waals surface area contributed by atoms with Crippen LogP contribution in [0.25, 0.3) is 5.57 Å². The fraction of sp³-hybridized carbons (Fsp3) is 0.385. The lowest BCUT2D eigenvalue weighted by Crippen LogP contribution is -1.93. The molecule has 0 amide bonds. The van der Waals surface area contributed by atoms with Crippen LogP contribution in [0.3, 0.4) is 0 Å². The van der Waals surface area contributed by atoms with E-state index < -0.39 is 0 Å². The van der Waals surface area contributed by atoms with Gasteiger partial charge in [0.15, 0.2) is 0 Å². The fourth-order valence-electron chi connectivity index (χ4n) is 1.88. The minimum atomic E-state index is -0.230. The molecule has 1 aromatic rings. The lowest BCUT2D eigenvalue weighted by molar-refractivity contribution is 0.223. The third-order valence-electron chi connectivity index (χ3n) is 2.98. The summed E-state index contributed by atoms with van der Waals surface area (Å²) < 4.78 is 0. The van der Waals surface area contributed by atoms with E-state index in [9.17, 15) is 5.11 Å². The van der Waals surface area contributed by atoms with Crippen molar-refractivity contribution in [1.82, 2.24) is 0 Å². The molecule has 1 aliphatic carbocycles. The number of aryl methyl sites for hydroxylation is 2. The summed E-state index contributed by atoms with van der Waals surface area (Å²) >= 11 is 0. The standard InChI is InChI=1S/C13H16O/c1-9-3-4-11(7-10(9)2)12-5-6-13(14)8-12/h3-4,7-8,13-14H,5-6H2,1-2H3. The highest BCUT2D eigenvalue weighted by Crippen LogP contribution is 2.28. The van der Waals surface area contributed by atoms with Crippen molar-refractivity contribution < 1.29 is 5.11 Å². The van der Waals surface area contributed by atoms with Crippen molar-refractivity contribution in [2.45, 2.75) is 32.8 Å². The molecule has 0 bridgehead atoms. The van der Waals surface area contributed by atoms with Crippen molar-refractivity contribution in [3.63, 3.8) is 0 Å². The Balaban J connectivity index is 2.34. The topological polar surface area (TPSA) is 20.2 Å². The highest BCUT2D eigenvalue weighted by atomic mass is 16.3. The first kappa shape index (κ1) is 9.47. The monoisotopic (exact) mass is 188 g/mol. The van der Waals surface area contributed by atoms with Gasteiger partial charge in [-0.1, -0.05) is 24.3 Å². The van der Waals surface area contributed by atoms with E-state index in [4.69, 9.17) is 0 Å². The number of benzene rings is 1. The maximum absolute atomic E-state index is 9.41. The van der Waals surface area contributed by atoms with Gasteiger partial charge in [-0.25, -0.2) is 0 Å². The highest BCUT2D eigenvalue weighted by molar-refractivity contribution is 5.68. The Morgan fingerprint density at radius 2 is 2.00 bits per heavy atom. The van der Waals surface area contributed by atoms with E-state index in [0.717, 1.165) is 12.8 Å². The van der Waals surface area contributed by atoms with E-state index in [1.807, 2.05) is 6.08 Å². The molecule has 0 radical (unpaired) electrons. The van der Waals surface area contributed by atoms with Crippen LogP contribution in [0.2, 0.25) is 0 Å². The quantitative estimate of drug-likeness (QED) is 0.718. The van der Waals surface area contributed by atoms with Crippen molar-refractivity contribution >= 4 is 5.57 Å². The Bertz CT molecular complexity index is 377. The maximum atomic E-state index is 9.41. The zero-order valence-corrected chi connectivity index (χ0v) is 8.75. The molecule has 14 heavy (non-hydrogen) atoms. The van der Waals surface area contributed by atoms with E-state index in [1.165, 1.54) is 22.3 Å². The minimum absolute atomic E-state index is 0.230. The number of aliphatic hydroxyl groups excluding tert-OH is 1. The van der Waals surface area contributed by atoms with Crippen LogP contribution in [0, 0.1) is 13.8 Å². The predicted octanol–water partition coefficient (Wildman–Crippen LogP) is 2.84. The molecule has 1 heteroatoms. The second-order valence-electron chi connectivity index (χ2n) is 4.10. The average Bonchev–Trinajstić information content (AvgIpc) is 2.57. The van der Waals surface area contributed by atoms with Gasteiger partial charge in [0.2, 0.25) is 0 Å². The Labute approximate surface area is 85.1 Å². The molecule has 1 aromatic carbocycles. The zero-order valence-electron chi connectivity index (χ0n) is 8.75. The molecule has 0 aliphatic heterocycles. The molecule has 74 valence electrons. The van der Waals surface area contributed by atoms with Gasteiger partial charge in [0.25, 0.3) is 0 Å². The van der Waals surface area contributed by atoms with Gasteiger partial charge in [-0.3, -0.25) is 0 Å². The summed E-state index contributed by atoms with van der Waals surface area (Å²) in [7, 11) is 0. The van der Waals surface area contributed by atoms with Gasteiger partial charge in [0.05, 0.1) is 6.10 Å². The number of aliphatic hydroxyl groups is 1. The molecule has 0 saturated carbocycles. The van der Waals surface area contributed by atoms with Crippen LogP contribution in [0.4, 0.5) is 0 Å². The summed E-state index contributed by atoms with van der Waals surface area (Å²) in [5.74, 6) is 0. The van der Waals surface area contributed by atoms with Crippen LogP contribution < -0.4 is 0 Å². The second-order valence-corrected chi connectivity index (χ2v) is 4.10. The van der Waals surface area contributed by atoms with Gasteiger partial charge in [0.1, 0.15) is 0 Å². The molecular formula is C13H16O. The number of rotatable bonds is 1. The van der Waals surface area contributed by atoms with E-state index in [-0.39, 0.29) is 6.10 Å². The van der Waals surface area contributed by atoms with Crippen LogP contribution in [0.5, 0.6) is 0 Å². The average molecular weight is 188 g/mol. The van der Waals surface area contributed by atoms with Gasteiger partial charge >= 0.3 is 0 Å². The molecule has 1 aliphatic rings. The predicted molar refractivity (Wildman–Crippen MR) is 59.1 cm³/mol. The molecule has 0 saturated heterocycles. The normalized spacial score (nSPS) is 21.1. The van der Waals surface area contributed by atoms with E-state index in [0.29, 0.717) is 0 Å². The fourth-order valence-corrected chi connectivity index (χ4v) is 1.88. The summed E-state index contributed by atoms with van der Waals surface area (Å²) in [4.78, 5) is 0. The number of hydrogen-bond donors (Lipinski definition) is 1. The van der Waals surface area contributed by atoms with Gasteiger partial charge in [-0.05, 0) is 49.0 Å². The smallest absolute Gasteiger partial charge is 0.0730 e. The van der Waals surface area contributed by atoms with Gasteiger partial charge < -0.3 is 5.11 Å². The molecular weight excluding hydrogens is 172 g/mol. The molecule has 1 nitrogen and oxygen atoms in total. The maximum Gasteiger partial charge on any atom is 0.0730 e. The molecule has 0 aromatic heterocycles. The lowest BCUT2D eigenvalue weighted by Gasteiger charge is -2.05. The zero-order chi connectivity index (χ0) is 10.1. The summed E-state index contributed by atoms with van der Waals surface area (Å²) in [6.07, 6.45) is 3.63. The minimum Gasteiger partial charge on any atom is -0.389 e. The van der Waals surface area contributed by atoms with Crippen molar-refractivity contribution in [2.24, 2.45) is 0 Å². The van der Waals surface area contributed by atoms with Crippen LogP contribution in [0.15, 0.2) is 24.3 Å². The van der Waals surface area contributed by atoms with Gasteiger partial charge in [0, 0.05) is 0 Å². The van der Waals surface area contributed by atoms with Crippen LogP contribution >= 0.6 is 0 Å². The molecule has 0 heterocycles. The number of allylic oxidation sites excluding steroid dienone is 1. The van der Waals surface area contributed by atoms with Crippen molar-refractivity contribution in [3.05, 3.63) is 41.0 Å².